The van der Waals surface area contributed by atoms with E-state index >= 15 is 0 Å². The van der Waals surface area contributed by atoms with E-state index in [9.17, 15) is 24.0 Å². The Morgan fingerprint density at radius 2 is 0.695 bits per heavy atom. The molecule has 4 amide bonds. The number of phenolic OH excluding ortho intramolecular Hbond substituents is 1. The smallest absolute Gasteiger partial charge is 0.261 e. The van der Waals surface area contributed by atoms with E-state index in [1.165, 1.54) is 44.1 Å². The third-order valence-corrected chi connectivity index (χ3v) is 25.3. The monoisotopic (exact) mass is 2180 g/mol. The Morgan fingerprint density at radius 1 is 0.383 bits per heavy atom. The highest BCUT2D eigenvalue weighted by Crippen LogP contribution is 2.34. The fourth-order valence-corrected chi connectivity index (χ4v) is 15.7. The SMILES string of the molecule is CC(=O)c1cc2cc(Br)ccc2[nH]1.CC(NCCCCOc1ccc(Cl)c(Cl)c1)c1cc2cc(Br)ccc2[nH]1.CC(NCCCCOc1ccc(Cl)c(Cl)c1)c1cc2cc(Br)ccc2[nH]1.NCCCCOc1ccc(Cl)c(Cl)c1.O=C1c2ccccc2C(=O)N1CCCCBr.O=C1c2ccccc2C(=O)N1CCCCOc1ccc(Cl)c(Cl)c1.Oc1ccc(Cl)c(Cl)c1. The topological polar surface area (TPSA) is 246 Å². The number of fused-ring (bicyclic) bond motifs is 5. The molecular weight excluding hydrogens is 2100 g/mol. The predicted octanol–water partition coefficient (Wildman–Crippen LogP) is 29.3. The summed E-state index contributed by atoms with van der Waals surface area (Å²) in [6.07, 6.45) is 9.15. The van der Waals surface area contributed by atoms with Crippen molar-refractivity contribution < 1.29 is 48.0 Å². The van der Waals surface area contributed by atoms with Crippen molar-refractivity contribution in [2.75, 3.05) is 64.5 Å². The molecule has 0 saturated carbocycles. The molecule has 32 heteroatoms. The van der Waals surface area contributed by atoms with Gasteiger partial charge < -0.3 is 55.4 Å². The Bertz CT molecular complexity index is 5670. The zero-order chi connectivity index (χ0) is 92.3. The summed E-state index contributed by atoms with van der Waals surface area (Å²) in [5, 5.41) is 25.2. The lowest BCUT2D eigenvalue weighted by atomic mass is 10.1. The zero-order valence-electron chi connectivity index (χ0n) is 69.9. The number of aromatic amines is 3. The lowest BCUT2D eigenvalue weighted by molar-refractivity contribution is 0.0635. The Labute approximate surface area is 828 Å². The molecule has 5 heterocycles. The molecule has 18 nitrogen and oxygen atoms in total. The molecule has 8 N–H and O–H groups in total. The van der Waals surface area contributed by atoms with Crippen LogP contribution in [0.5, 0.6) is 28.7 Å². The summed E-state index contributed by atoms with van der Waals surface area (Å²) in [5.41, 5.74) is 13.8. The second kappa shape index (κ2) is 53.8. The van der Waals surface area contributed by atoms with Crippen molar-refractivity contribution in [3.8, 4) is 28.7 Å². The summed E-state index contributed by atoms with van der Waals surface area (Å²) < 4.78 is 25.7. The zero-order valence-corrected chi connectivity index (χ0v) is 83.8. The van der Waals surface area contributed by atoms with Gasteiger partial charge in [-0.2, -0.15) is 0 Å². The van der Waals surface area contributed by atoms with E-state index in [0.717, 1.165) is 122 Å². The van der Waals surface area contributed by atoms with Crippen LogP contribution < -0.4 is 35.3 Å². The highest BCUT2D eigenvalue weighted by atomic mass is 79.9. The number of imide groups is 2. The number of nitrogens with one attached hydrogen (secondary N) is 5. The third kappa shape index (κ3) is 32.7. The van der Waals surface area contributed by atoms with Gasteiger partial charge in [-0.15, -0.1) is 0 Å². The number of aromatic nitrogens is 3. The minimum absolute atomic E-state index is 0.0623. The number of alkyl halides is 1. The minimum atomic E-state index is -0.221. The van der Waals surface area contributed by atoms with Gasteiger partial charge in [0, 0.05) is 119 Å². The predicted molar refractivity (Wildman–Crippen MR) is 539 cm³/mol. The highest BCUT2D eigenvalue weighted by molar-refractivity contribution is 9.11. The van der Waals surface area contributed by atoms with E-state index in [4.69, 9.17) is 146 Å². The molecule has 13 aromatic rings. The Kier molecular flexibility index (Phi) is 43.8. The molecule has 0 saturated heterocycles. The summed E-state index contributed by atoms with van der Waals surface area (Å²) in [6, 6.07) is 64.5. The molecule has 2 aliphatic heterocycles. The van der Waals surface area contributed by atoms with Gasteiger partial charge in [0.15, 0.2) is 5.78 Å². The minimum Gasteiger partial charge on any atom is -0.508 e. The molecule has 0 fully saturated rings. The number of ether oxygens (including phenoxy) is 4. The molecule has 0 aliphatic carbocycles. The van der Waals surface area contributed by atoms with Crippen molar-refractivity contribution in [3.05, 3.63) is 315 Å². The molecule has 0 bridgehead atoms. The Balaban J connectivity index is 0.000000173. The van der Waals surface area contributed by atoms with Crippen LogP contribution in [0.1, 0.15) is 160 Å². The maximum atomic E-state index is 12.2. The molecular formula is C96H94Br4Cl10N8O10. The maximum absolute atomic E-state index is 12.2. The van der Waals surface area contributed by atoms with Gasteiger partial charge in [-0.05, 0) is 261 Å². The van der Waals surface area contributed by atoms with E-state index < -0.39 is 0 Å². The number of hydrogen-bond acceptors (Lipinski definition) is 13. The van der Waals surface area contributed by atoms with Crippen molar-refractivity contribution in [2.45, 2.75) is 97.1 Å². The molecule has 2 atom stereocenters. The fourth-order valence-electron chi connectivity index (χ4n) is 12.7. The number of aromatic hydroxyl groups is 1. The molecule has 2 unspecified atom stereocenters. The largest absolute Gasteiger partial charge is 0.508 e. The van der Waals surface area contributed by atoms with E-state index in [1.54, 1.807) is 122 Å². The van der Waals surface area contributed by atoms with Crippen LogP contribution >= 0.6 is 180 Å². The molecule has 128 heavy (non-hydrogen) atoms. The van der Waals surface area contributed by atoms with Crippen LogP contribution in [-0.4, -0.2) is 124 Å². The van der Waals surface area contributed by atoms with Crippen LogP contribution in [0, 0.1) is 0 Å². The number of Topliss-reactive ketones (excluding diaryl/α,β-unsaturated/α-hetero) is 1. The second-order valence-electron chi connectivity index (χ2n) is 29.2. The fraction of sp³-hybridized carbons (Fsp3) is 0.260. The Hall–Kier alpha value is -7.53. The van der Waals surface area contributed by atoms with Crippen molar-refractivity contribution in [1.29, 1.82) is 0 Å². The van der Waals surface area contributed by atoms with Crippen molar-refractivity contribution in [1.82, 2.24) is 35.4 Å². The first-order valence-corrected chi connectivity index (χ1v) is 48.2. The van der Waals surface area contributed by atoms with Crippen LogP contribution in [0.25, 0.3) is 32.7 Å². The van der Waals surface area contributed by atoms with Crippen molar-refractivity contribution in [2.24, 2.45) is 5.73 Å². The third-order valence-electron chi connectivity index (χ3n) is 19.6. The maximum Gasteiger partial charge on any atom is 0.261 e. The number of rotatable bonds is 32. The van der Waals surface area contributed by atoms with Crippen LogP contribution in [0.4, 0.5) is 0 Å². The summed E-state index contributed by atoms with van der Waals surface area (Å²) in [7, 11) is 0. The lowest BCUT2D eigenvalue weighted by Crippen LogP contribution is -2.30. The van der Waals surface area contributed by atoms with Crippen LogP contribution in [0.2, 0.25) is 50.2 Å². The van der Waals surface area contributed by atoms with Crippen molar-refractivity contribution >= 4 is 242 Å². The second-order valence-corrected chi connectivity index (χ2v) is 36.8. The van der Waals surface area contributed by atoms with Gasteiger partial charge in [-0.3, -0.25) is 33.8 Å². The van der Waals surface area contributed by atoms with Crippen molar-refractivity contribution in [3.63, 3.8) is 0 Å². The number of carbonyl (C=O) groups excluding carboxylic acids is 5. The number of benzene rings is 10. The number of ketones is 1. The quantitative estimate of drug-likeness (QED) is 0.00899. The number of carbonyl (C=O) groups is 5. The van der Waals surface area contributed by atoms with Gasteiger partial charge in [-0.25, -0.2) is 0 Å². The lowest BCUT2D eigenvalue weighted by Gasteiger charge is -2.13. The number of amides is 4. The van der Waals surface area contributed by atoms with Gasteiger partial charge in [0.1, 0.15) is 28.7 Å². The van der Waals surface area contributed by atoms with Gasteiger partial charge in [0.05, 0.1) is 105 Å². The summed E-state index contributed by atoms with van der Waals surface area (Å²) in [4.78, 5) is 71.9. The molecule has 10 aromatic carbocycles. The first kappa shape index (κ1) is 104. The average Bonchev–Trinajstić information content (AvgIpc) is 1.64. The first-order chi connectivity index (χ1) is 61.5. The van der Waals surface area contributed by atoms with E-state index in [2.05, 4.69) is 152 Å². The van der Waals surface area contributed by atoms with E-state index in [-0.39, 0.29) is 47.2 Å². The van der Waals surface area contributed by atoms with Crippen LogP contribution in [-0.2, 0) is 0 Å². The Morgan fingerprint density at radius 3 is 1.02 bits per heavy atom. The number of nitrogens with zero attached hydrogens (tertiary/aromatic N) is 2. The number of nitrogens with two attached hydrogens (primary N) is 1. The van der Waals surface area contributed by atoms with Crippen LogP contribution in [0.3, 0.4) is 0 Å². The molecule has 0 radical (unpaired) electrons. The van der Waals surface area contributed by atoms with E-state index in [0.29, 0.717) is 143 Å². The first-order valence-electron chi connectivity index (χ1n) is 40.9. The molecule has 2 aliphatic rings. The number of H-pyrrole nitrogens is 3. The van der Waals surface area contributed by atoms with Gasteiger partial charge >= 0.3 is 0 Å². The van der Waals surface area contributed by atoms with Crippen LogP contribution in [0.15, 0.2) is 226 Å². The number of phenols is 1. The average molecular weight is 2190 g/mol. The van der Waals surface area contributed by atoms with Gasteiger partial charge in [-0.1, -0.05) is 204 Å². The molecule has 676 valence electrons. The van der Waals surface area contributed by atoms with Gasteiger partial charge in [0.2, 0.25) is 0 Å². The standard InChI is InChI=1S/2C20H21BrCl2N2O.C18H15Cl2NO3.C12H12BrNO2.C10H8BrNO.C10H13Cl2NO.C6H4Cl2O/c2*1-13(20-11-14-10-15(21)4-7-19(14)25-20)24-8-2-3-9-26-16-5-6-17(22)18(23)12-16;19-15-8-7-12(11-16(15)20)24-10-4-3-9-21-17(22)13-5-1-2-6-14(13)18(21)23;13-7-3-4-8-14-11(15)9-5-1-2-6-10(9)12(14)16;1-6(13)10-5-7-4-8(11)2-3-9(7)12-10;11-9-4-3-8(7-10(9)12)14-6-2-1-5-13;7-5-2-1-4(9)3-6(5)8/h2*4-7,10-13,24-25H,2-3,8-9H2,1H3;1-2,5-8,11H,3-4,9-10H2;1-2,5-6H,3-4,7-8H2;2-5,12H,1H3;3-4,7H,1-2,5-6,13H2;1-3,9H. The molecule has 3 aromatic heterocycles. The van der Waals surface area contributed by atoms with Gasteiger partial charge in [0.25, 0.3) is 23.6 Å². The summed E-state index contributed by atoms with van der Waals surface area (Å²) in [5.74, 6) is 2.33. The molecule has 0 spiro atoms. The molecule has 15 rings (SSSR count). The highest BCUT2D eigenvalue weighted by Gasteiger charge is 2.36. The number of unbranched alkanes of at least 4 members (excludes halogenated alkanes) is 5. The normalized spacial score (nSPS) is 12.2. The summed E-state index contributed by atoms with van der Waals surface area (Å²) >= 11 is 71.9. The van der Waals surface area contributed by atoms with E-state index in [1.807, 2.05) is 36.4 Å². The number of hydrogen-bond donors (Lipinski definition) is 7. The summed E-state index contributed by atoms with van der Waals surface area (Å²) in [6.45, 7) is 11.8. The number of halogens is 14.